The Morgan fingerprint density at radius 3 is 2.26 bits per heavy atom. The third-order valence-corrected chi connectivity index (χ3v) is 2.78. The lowest BCUT2D eigenvalue weighted by Gasteiger charge is -2.21. The Bertz CT molecular complexity index is 359. The van der Waals surface area contributed by atoms with Crippen LogP contribution in [0.1, 0.15) is 41.0 Å². The highest BCUT2D eigenvalue weighted by molar-refractivity contribution is 5.36. The SMILES string of the molecule is CCNc1nc(NC(CC)C(C)C)nc(OCC)n1. The van der Waals surface area contributed by atoms with Crippen molar-refractivity contribution >= 4 is 11.9 Å². The van der Waals surface area contributed by atoms with Crippen LogP contribution in [0.3, 0.4) is 0 Å². The smallest absolute Gasteiger partial charge is 0.323 e. The van der Waals surface area contributed by atoms with Gasteiger partial charge in [-0.3, -0.25) is 0 Å². The van der Waals surface area contributed by atoms with Gasteiger partial charge in [-0.2, -0.15) is 15.0 Å². The van der Waals surface area contributed by atoms with Crippen molar-refractivity contribution in [3.8, 4) is 6.01 Å². The van der Waals surface area contributed by atoms with E-state index in [9.17, 15) is 0 Å². The van der Waals surface area contributed by atoms with E-state index in [0.717, 1.165) is 13.0 Å². The predicted octanol–water partition coefficient (Wildman–Crippen LogP) is 2.55. The largest absolute Gasteiger partial charge is 0.464 e. The van der Waals surface area contributed by atoms with Crippen molar-refractivity contribution < 1.29 is 4.74 Å². The first-order valence-corrected chi connectivity index (χ1v) is 6.99. The number of rotatable bonds is 8. The van der Waals surface area contributed by atoms with Crippen LogP contribution < -0.4 is 15.4 Å². The van der Waals surface area contributed by atoms with Crippen molar-refractivity contribution in [1.29, 1.82) is 0 Å². The van der Waals surface area contributed by atoms with Gasteiger partial charge in [0.05, 0.1) is 6.61 Å². The minimum atomic E-state index is 0.339. The van der Waals surface area contributed by atoms with Gasteiger partial charge in [0.2, 0.25) is 11.9 Å². The minimum Gasteiger partial charge on any atom is -0.464 e. The Balaban J connectivity index is 2.91. The third-order valence-electron chi connectivity index (χ3n) is 2.78. The van der Waals surface area contributed by atoms with Crippen molar-refractivity contribution in [3.63, 3.8) is 0 Å². The maximum Gasteiger partial charge on any atom is 0.323 e. The lowest BCUT2D eigenvalue weighted by Crippen LogP contribution is -2.26. The third kappa shape index (κ3) is 4.89. The van der Waals surface area contributed by atoms with Gasteiger partial charge < -0.3 is 15.4 Å². The second-order valence-corrected chi connectivity index (χ2v) is 4.63. The van der Waals surface area contributed by atoms with Crippen LogP contribution in [0.4, 0.5) is 11.9 Å². The van der Waals surface area contributed by atoms with Crippen LogP contribution in [-0.2, 0) is 0 Å². The van der Waals surface area contributed by atoms with Crippen LogP contribution in [0.25, 0.3) is 0 Å². The number of aromatic nitrogens is 3. The molecule has 1 unspecified atom stereocenters. The quantitative estimate of drug-likeness (QED) is 0.754. The van der Waals surface area contributed by atoms with Gasteiger partial charge in [0.25, 0.3) is 0 Å². The van der Waals surface area contributed by atoms with Gasteiger partial charge in [-0.25, -0.2) is 0 Å². The van der Waals surface area contributed by atoms with Gasteiger partial charge in [-0.05, 0) is 26.2 Å². The van der Waals surface area contributed by atoms with Gasteiger partial charge in [0, 0.05) is 12.6 Å². The van der Waals surface area contributed by atoms with Crippen LogP contribution in [0.2, 0.25) is 0 Å². The Morgan fingerprint density at radius 2 is 1.74 bits per heavy atom. The molecule has 0 amide bonds. The number of nitrogens with one attached hydrogen (secondary N) is 2. The summed E-state index contributed by atoms with van der Waals surface area (Å²) in [4.78, 5) is 12.8. The number of anilines is 2. The van der Waals surface area contributed by atoms with Crippen molar-refractivity contribution in [2.24, 2.45) is 5.92 Å². The van der Waals surface area contributed by atoms with Crippen molar-refractivity contribution in [1.82, 2.24) is 15.0 Å². The Hall–Kier alpha value is -1.59. The average molecular weight is 267 g/mol. The average Bonchev–Trinajstić information content (AvgIpc) is 2.36. The number of ether oxygens (including phenoxy) is 1. The summed E-state index contributed by atoms with van der Waals surface area (Å²) in [6.07, 6.45) is 1.02. The molecule has 108 valence electrons. The number of hydrogen-bond acceptors (Lipinski definition) is 6. The van der Waals surface area contributed by atoms with Crippen molar-refractivity contribution in [3.05, 3.63) is 0 Å². The molecule has 0 saturated carbocycles. The van der Waals surface area contributed by atoms with Crippen LogP contribution in [0, 0.1) is 5.92 Å². The van der Waals surface area contributed by atoms with E-state index in [2.05, 4.69) is 46.4 Å². The number of hydrogen-bond donors (Lipinski definition) is 2. The van der Waals surface area contributed by atoms with Crippen molar-refractivity contribution in [2.75, 3.05) is 23.8 Å². The lowest BCUT2D eigenvalue weighted by atomic mass is 10.0. The van der Waals surface area contributed by atoms with E-state index in [-0.39, 0.29) is 0 Å². The lowest BCUT2D eigenvalue weighted by molar-refractivity contribution is 0.312. The van der Waals surface area contributed by atoms with Gasteiger partial charge in [0.1, 0.15) is 0 Å². The molecule has 1 heterocycles. The summed E-state index contributed by atoms with van der Waals surface area (Å²) in [6.45, 7) is 11.7. The fraction of sp³-hybridized carbons (Fsp3) is 0.769. The summed E-state index contributed by atoms with van der Waals surface area (Å²) < 4.78 is 5.37. The molecule has 0 radical (unpaired) electrons. The zero-order valence-electron chi connectivity index (χ0n) is 12.5. The van der Waals surface area contributed by atoms with Crippen LogP contribution in [-0.4, -0.2) is 34.1 Å². The normalized spacial score (nSPS) is 12.3. The predicted molar refractivity (Wildman–Crippen MR) is 77.7 cm³/mol. The summed E-state index contributed by atoms with van der Waals surface area (Å²) in [5, 5.41) is 6.43. The molecule has 0 aliphatic carbocycles. The van der Waals surface area contributed by atoms with E-state index in [0.29, 0.717) is 36.5 Å². The molecule has 6 heteroatoms. The fourth-order valence-corrected chi connectivity index (χ4v) is 1.76. The molecular weight excluding hydrogens is 242 g/mol. The number of nitrogens with zero attached hydrogens (tertiary/aromatic N) is 3. The second kappa shape index (κ2) is 7.76. The minimum absolute atomic E-state index is 0.339. The van der Waals surface area contributed by atoms with E-state index < -0.39 is 0 Å². The maximum atomic E-state index is 5.37. The molecule has 0 bridgehead atoms. The molecule has 0 aliphatic heterocycles. The molecule has 6 nitrogen and oxygen atoms in total. The molecule has 2 N–H and O–H groups in total. The molecule has 0 aliphatic rings. The van der Waals surface area contributed by atoms with Gasteiger partial charge >= 0.3 is 6.01 Å². The highest BCUT2D eigenvalue weighted by atomic mass is 16.5. The summed E-state index contributed by atoms with van der Waals surface area (Å²) in [7, 11) is 0. The first-order chi connectivity index (χ1) is 9.10. The van der Waals surface area contributed by atoms with Gasteiger partial charge in [0.15, 0.2) is 0 Å². The summed E-state index contributed by atoms with van der Waals surface area (Å²) in [6, 6.07) is 0.695. The summed E-state index contributed by atoms with van der Waals surface area (Å²) >= 11 is 0. The monoisotopic (exact) mass is 267 g/mol. The van der Waals surface area contributed by atoms with Gasteiger partial charge in [-0.15, -0.1) is 0 Å². The molecule has 0 aromatic carbocycles. The van der Waals surface area contributed by atoms with Crippen molar-refractivity contribution in [2.45, 2.75) is 47.1 Å². The van der Waals surface area contributed by atoms with E-state index in [1.165, 1.54) is 0 Å². The fourth-order valence-electron chi connectivity index (χ4n) is 1.76. The molecule has 1 aromatic rings. The molecule has 1 rings (SSSR count). The Kier molecular flexibility index (Phi) is 6.32. The standard InChI is InChI=1S/C13H25N5O/c1-6-10(9(4)5)15-12-16-11(14-7-2)17-13(18-12)19-8-3/h9-10H,6-8H2,1-5H3,(H2,14,15,16,17,18). The molecule has 0 fully saturated rings. The maximum absolute atomic E-state index is 5.37. The molecule has 1 aromatic heterocycles. The molecule has 1 atom stereocenters. The zero-order chi connectivity index (χ0) is 14.3. The van der Waals surface area contributed by atoms with E-state index >= 15 is 0 Å². The van der Waals surface area contributed by atoms with E-state index in [1.54, 1.807) is 0 Å². The zero-order valence-corrected chi connectivity index (χ0v) is 12.5. The molecule has 0 spiro atoms. The first-order valence-electron chi connectivity index (χ1n) is 6.99. The highest BCUT2D eigenvalue weighted by Gasteiger charge is 2.14. The highest BCUT2D eigenvalue weighted by Crippen LogP contribution is 2.15. The Labute approximate surface area is 115 Å². The molecule has 0 saturated heterocycles. The summed E-state index contributed by atoms with van der Waals surface area (Å²) in [5.41, 5.74) is 0. The van der Waals surface area contributed by atoms with E-state index in [1.807, 2.05) is 13.8 Å². The first kappa shape index (κ1) is 15.5. The molecular formula is C13H25N5O. The molecule has 19 heavy (non-hydrogen) atoms. The second-order valence-electron chi connectivity index (χ2n) is 4.63. The van der Waals surface area contributed by atoms with Gasteiger partial charge in [-0.1, -0.05) is 20.8 Å². The van der Waals surface area contributed by atoms with Crippen LogP contribution in [0.15, 0.2) is 0 Å². The van der Waals surface area contributed by atoms with E-state index in [4.69, 9.17) is 4.74 Å². The van der Waals surface area contributed by atoms with Crippen LogP contribution in [0.5, 0.6) is 6.01 Å². The summed E-state index contributed by atoms with van der Waals surface area (Å²) in [5.74, 6) is 1.62. The topological polar surface area (TPSA) is 72.0 Å². The Morgan fingerprint density at radius 1 is 1.05 bits per heavy atom. The van der Waals surface area contributed by atoms with Crippen LogP contribution >= 0.6 is 0 Å².